The standard InChI is InChI=1S/C95H158O16P2/c1-4-7-10-13-16-19-22-25-28-31-34-36-38-39-40-41-42-43-44-45-46-47-48-49-51-53-55-57-60-63-66-69-72-75-78-81-93(98)105-84-90(96)85-107-112(101,102)108-86-91(97)87-109-113(103,104)110-89-92(111-95(100)83-80-77-74-71-68-65-62-59-54-33-30-27-24-21-18-15-12-9-6-3)88-106-94(99)82-79-76-73-70-67-64-61-58-56-52-50-37-35-32-29-26-23-20-17-14-11-8-5-2/h7,9-10,12,16-21,25-30,34-37,39-40,52,54,56,59,65,68,74,77,90-92,96-97H,4-6,8,11,13-15,22-24,31-33,38,41-51,53,55,57-58,60-64,66-67,69-73,75-76,78-89H2,1-3H3,(H,101,102)(H,103,104)/b10-7-,12-9-,19-16-,20-17-,21-18-,28-25-,29-26-,30-27-,36-34-,37-35-,40-39-,56-52-,59-54-,68-65-,77-74-. The second-order valence-corrected chi connectivity index (χ2v) is 31.8. The highest BCUT2D eigenvalue weighted by atomic mass is 31.2. The number of esters is 3. The van der Waals surface area contributed by atoms with E-state index in [1.807, 2.05) is 18.2 Å². The number of allylic oxidation sites excluding steroid dienone is 30. The molecule has 0 heterocycles. The molecule has 0 bridgehead atoms. The molecule has 0 radical (unpaired) electrons. The van der Waals surface area contributed by atoms with E-state index in [1.165, 1.54) is 128 Å². The Kier molecular flexibility index (Phi) is 81.9. The van der Waals surface area contributed by atoms with Crippen LogP contribution >= 0.6 is 15.6 Å². The van der Waals surface area contributed by atoms with Crippen LogP contribution in [0.1, 0.15) is 342 Å². The van der Waals surface area contributed by atoms with Gasteiger partial charge in [0.2, 0.25) is 0 Å². The minimum Gasteiger partial charge on any atom is -0.463 e. The first-order valence-corrected chi connectivity index (χ1v) is 47.1. The van der Waals surface area contributed by atoms with Crippen molar-refractivity contribution >= 4 is 33.6 Å². The zero-order chi connectivity index (χ0) is 82.2. The van der Waals surface area contributed by atoms with Gasteiger partial charge >= 0.3 is 33.6 Å². The Morgan fingerprint density at radius 1 is 0.257 bits per heavy atom. The second-order valence-electron chi connectivity index (χ2n) is 28.9. The number of unbranched alkanes of at least 4 members (excludes halogenated alkanes) is 29. The Hall–Kier alpha value is -5.35. The van der Waals surface area contributed by atoms with Gasteiger partial charge in [-0.1, -0.05) is 357 Å². The fourth-order valence-corrected chi connectivity index (χ4v) is 13.1. The zero-order valence-electron chi connectivity index (χ0n) is 70.7. The van der Waals surface area contributed by atoms with E-state index in [-0.39, 0.29) is 19.3 Å². The van der Waals surface area contributed by atoms with Gasteiger partial charge in [-0.05, 0) is 148 Å². The Morgan fingerprint density at radius 2 is 0.487 bits per heavy atom. The molecule has 0 aliphatic carbocycles. The smallest absolute Gasteiger partial charge is 0.463 e. The maximum Gasteiger partial charge on any atom is 0.472 e. The fraction of sp³-hybridized carbons (Fsp3) is 0.653. The molecule has 113 heavy (non-hydrogen) atoms. The number of phosphoric ester groups is 2. The van der Waals surface area contributed by atoms with Gasteiger partial charge in [0.25, 0.3) is 0 Å². The zero-order valence-corrected chi connectivity index (χ0v) is 72.5. The number of carbonyl (C=O) groups is 3. The molecular weight excluding hydrogens is 1460 g/mol. The van der Waals surface area contributed by atoms with E-state index < -0.39 is 91.5 Å². The normalized spacial score (nSPS) is 14.7. The number of carbonyl (C=O) groups excluding carboxylic acids is 3. The van der Waals surface area contributed by atoms with Gasteiger partial charge < -0.3 is 34.2 Å². The molecule has 0 spiro atoms. The molecule has 0 amide bonds. The van der Waals surface area contributed by atoms with E-state index in [9.17, 15) is 43.5 Å². The molecule has 16 nitrogen and oxygen atoms in total. The fourth-order valence-electron chi connectivity index (χ4n) is 11.5. The van der Waals surface area contributed by atoms with Crippen LogP contribution in [0.4, 0.5) is 0 Å². The molecule has 0 saturated heterocycles. The summed E-state index contributed by atoms with van der Waals surface area (Å²) in [7, 11) is -9.84. The summed E-state index contributed by atoms with van der Waals surface area (Å²) in [6.07, 6.45) is 113. The highest BCUT2D eigenvalue weighted by Gasteiger charge is 2.29. The number of aliphatic hydroxyl groups excluding tert-OH is 2. The number of ether oxygens (including phenoxy) is 3. The summed E-state index contributed by atoms with van der Waals surface area (Å²) >= 11 is 0. The van der Waals surface area contributed by atoms with Gasteiger partial charge in [-0.15, -0.1) is 0 Å². The van der Waals surface area contributed by atoms with Gasteiger partial charge in [0.05, 0.1) is 26.4 Å². The Balaban J connectivity index is 4.54. The van der Waals surface area contributed by atoms with Gasteiger partial charge in [0.1, 0.15) is 25.4 Å². The van der Waals surface area contributed by atoms with Crippen molar-refractivity contribution in [3.05, 3.63) is 182 Å². The first-order valence-electron chi connectivity index (χ1n) is 44.1. The quantitative estimate of drug-likeness (QED) is 0.0146. The molecule has 0 aromatic heterocycles. The Labute approximate surface area is 687 Å². The third-order valence-corrected chi connectivity index (χ3v) is 20.0. The van der Waals surface area contributed by atoms with Gasteiger partial charge in [-0.3, -0.25) is 32.5 Å². The lowest BCUT2D eigenvalue weighted by atomic mass is 10.0. The molecule has 5 unspecified atom stereocenters. The van der Waals surface area contributed by atoms with E-state index in [0.29, 0.717) is 25.7 Å². The molecule has 4 N–H and O–H groups in total. The molecule has 0 saturated carbocycles. The van der Waals surface area contributed by atoms with Crippen LogP contribution in [0.3, 0.4) is 0 Å². The van der Waals surface area contributed by atoms with Crippen LogP contribution in [0.25, 0.3) is 0 Å². The molecule has 0 fully saturated rings. The predicted molar refractivity (Wildman–Crippen MR) is 472 cm³/mol. The summed E-state index contributed by atoms with van der Waals surface area (Å²) in [6.45, 7) is 2.34. The van der Waals surface area contributed by atoms with E-state index in [0.717, 1.165) is 148 Å². The highest BCUT2D eigenvalue weighted by Crippen LogP contribution is 2.45. The maximum atomic E-state index is 13.0. The van der Waals surface area contributed by atoms with E-state index in [2.05, 4.69) is 185 Å². The summed E-state index contributed by atoms with van der Waals surface area (Å²) in [5.74, 6) is -1.69. The van der Waals surface area contributed by atoms with Crippen LogP contribution in [0.5, 0.6) is 0 Å². The maximum absolute atomic E-state index is 13.0. The number of hydrogen-bond acceptors (Lipinski definition) is 14. The molecule has 5 atom stereocenters. The Morgan fingerprint density at radius 3 is 0.779 bits per heavy atom. The molecule has 0 rings (SSSR count). The SMILES string of the molecule is CC/C=C\C/C=C\C/C=C\C/C=C\C/C=C\C/C=C\CCC(=O)OC(COC(=O)CCCCCCCCC/C=C\C/C=C\C/C=C\C/C=C\CCCCC)COP(=O)(O)OCC(O)COP(=O)(O)OCC(O)COC(=O)CCCCCCCCCCCCCCCCCCCCC/C=C\C/C=C\C/C=C\C/C=C\C/C=C\CC. The molecule has 0 aromatic carbocycles. The predicted octanol–water partition coefficient (Wildman–Crippen LogP) is 26.9. The van der Waals surface area contributed by atoms with E-state index in [4.69, 9.17) is 32.3 Å². The number of phosphoric acid groups is 2. The lowest BCUT2D eigenvalue weighted by Gasteiger charge is -2.21. The minimum atomic E-state index is -4.96. The highest BCUT2D eigenvalue weighted by molar-refractivity contribution is 7.47. The first kappa shape index (κ1) is 108. The second kappa shape index (κ2) is 86.0. The van der Waals surface area contributed by atoms with E-state index in [1.54, 1.807) is 0 Å². The molecule has 0 aromatic rings. The minimum absolute atomic E-state index is 0.0287. The largest absolute Gasteiger partial charge is 0.472 e. The molecule has 0 aliphatic heterocycles. The van der Waals surface area contributed by atoms with Crippen LogP contribution in [0.2, 0.25) is 0 Å². The first-order chi connectivity index (χ1) is 55.2. The van der Waals surface area contributed by atoms with Crippen molar-refractivity contribution in [2.45, 2.75) is 360 Å². The number of rotatable bonds is 82. The van der Waals surface area contributed by atoms with Crippen LogP contribution in [0.15, 0.2) is 182 Å². The summed E-state index contributed by atoms with van der Waals surface area (Å²) in [5, 5.41) is 20.7. The average molecular weight is 1620 g/mol. The molecular formula is C95H158O16P2. The van der Waals surface area contributed by atoms with Crippen molar-refractivity contribution in [2.75, 3.05) is 39.6 Å². The molecule has 0 aliphatic rings. The van der Waals surface area contributed by atoms with Crippen LogP contribution in [0, 0.1) is 0 Å². The molecule has 18 heteroatoms. The average Bonchev–Trinajstić information content (AvgIpc) is 0.905. The third-order valence-electron chi connectivity index (χ3n) is 18.1. The van der Waals surface area contributed by atoms with Gasteiger partial charge in [-0.25, -0.2) is 9.13 Å². The third kappa shape index (κ3) is 87.3. The number of aliphatic hydroxyl groups is 2. The monoisotopic (exact) mass is 1620 g/mol. The lowest BCUT2D eigenvalue weighted by Crippen LogP contribution is -2.29. The summed E-state index contributed by atoms with van der Waals surface area (Å²) < 4.78 is 61.2. The van der Waals surface area contributed by atoms with Gasteiger partial charge in [0.15, 0.2) is 6.10 Å². The molecule has 644 valence electrons. The summed E-state index contributed by atoms with van der Waals surface area (Å²) in [4.78, 5) is 58.8. The van der Waals surface area contributed by atoms with Crippen molar-refractivity contribution in [2.24, 2.45) is 0 Å². The Bertz CT molecular complexity index is 2780. The van der Waals surface area contributed by atoms with Crippen LogP contribution in [-0.2, 0) is 55.8 Å². The summed E-state index contributed by atoms with van der Waals surface area (Å²) in [5.41, 5.74) is 0. The number of hydrogen-bond donors (Lipinski definition) is 4. The van der Waals surface area contributed by atoms with Crippen molar-refractivity contribution in [1.29, 1.82) is 0 Å². The lowest BCUT2D eigenvalue weighted by molar-refractivity contribution is -0.161. The topological polar surface area (TPSA) is 231 Å². The van der Waals surface area contributed by atoms with Gasteiger partial charge in [0, 0.05) is 19.3 Å². The van der Waals surface area contributed by atoms with Crippen LogP contribution < -0.4 is 0 Å². The summed E-state index contributed by atoms with van der Waals surface area (Å²) in [6, 6.07) is 0. The van der Waals surface area contributed by atoms with Crippen molar-refractivity contribution < 1.29 is 75.8 Å². The van der Waals surface area contributed by atoms with Gasteiger partial charge in [-0.2, -0.15) is 0 Å². The van der Waals surface area contributed by atoms with Crippen molar-refractivity contribution in [3.63, 3.8) is 0 Å². The van der Waals surface area contributed by atoms with E-state index >= 15 is 0 Å². The van der Waals surface area contributed by atoms with Crippen molar-refractivity contribution in [1.82, 2.24) is 0 Å². The van der Waals surface area contributed by atoms with Crippen molar-refractivity contribution in [3.8, 4) is 0 Å². The van der Waals surface area contributed by atoms with Crippen LogP contribution in [-0.4, -0.2) is 95.9 Å².